The van der Waals surface area contributed by atoms with Crippen molar-refractivity contribution in [2.24, 2.45) is 4.99 Å². The fourth-order valence-electron chi connectivity index (χ4n) is 1.30. The third-order valence-electron chi connectivity index (χ3n) is 2.15. The van der Waals surface area contributed by atoms with Gasteiger partial charge in [-0.2, -0.15) is 13.2 Å². The fraction of sp³-hybridized carbons (Fsp3) is 0.200. The number of nitrogens with zero attached hydrogens (tertiary/aromatic N) is 1. The van der Waals surface area contributed by atoms with Crippen LogP contribution >= 0.6 is 0 Å². The van der Waals surface area contributed by atoms with Gasteiger partial charge in [-0.3, -0.25) is 4.79 Å². The molecule has 0 spiro atoms. The number of carbonyl (C=O) groups is 1. The number of rotatable bonds is 1. The molecule has 0 aromatic heterocycles. The van der Waals surface area contributed by atoms with Gasteiger partial charge in [-0.05, 0) is 12.1 Å². The van der Waals surface area contributed by atoms with Crippen LogP contribution in [0.3, 0.4) is 0 Å². The van der Waals surface area contributed by atoms with Crippen molar-refractivity contribution in [3.63, 3.8) is 0 Å². The van der Waals surface area contributed by atoms with Gasteiger partial charge in [-0.15, -0.1) is 0 Å². The number of benzene rings is 1. The predicted octanol–water partition coefficient (Wildman–Crippen LogP) is 0.532. The average Bonchev–Trinajstić information content (AvgIpc) is 2.27. The first kappa shape index (κ1) is 10.7. The normalized spacial score (nSPS) is 23.4. The number of halogens is 3. The summed E-state index contributed by atoms with van der Waals surface area (Å²) in [5.74, 6) is 0. The van der Waals surface area contributed by atoms with E-state index in [1.165, 1.54) is 12.1 Å². The van der Waals surface area contributed by atoms with Crippen LogP contribution in [0.4, 0.5) is 13.2 Å². The molecule has 0 radical (unpaired) electrons. The number of carbonyl (C=O) groups excluding carboxylic acids is 1. The molecule has 6 heteroatoms. The van der Waals surface area contributed by atoms with Crippen LogP contribution in [0.15, 0.2) is 29.3 Å². The van der Waals surface area contributed by atoms with Gasteiger partial charge >= 0.3 is 11.9 Å². The van der Waals surface area contributed by atoms with Gasteiger partial charge in [-0.1, -0.05) is 12.1 Å². The highest BCUT2D eigenvalue weighted by Gasteiger charge is 2.58. The first-order chi connectivity index (χ1) is 7.48. The summed E-state index contributed by atoms with van der Waals surface area (Å²) in [4.78, 5) is 13.9. The molecule has 0 N–H and O–H groups in total. The Hall–Kier alpha value is -1.85. The largest absolute Gasteiger partial charge is 0.459 e. The molecule has 3 nitrogen and oxygen atoms in total. The second-order valence-electron chi connectivity index (χ2n) is 3.22. The van der Waals surface area contributed by atoms with Crippen molar-refractivity contribution >= 4 is 12.5 Å². The lowest BCUT2D eigenvalue weighted by molar-refractivity contribution is -0.239. The van der Waals surface area contributed by atoms with Crippen molar-refractivity contribution in [2.45, 2.75) is 11.9 Å². The van der Waals surface area contributed by atoms with Crippen LogP contribution < -0.4 is 10.6 Å². The molecule has 0 aliphatic carbocycles. The van der Waals surface area contributed by atoms with E-state index < -0.39 is 11.9 Å². The maximum Gasteiger partial charge on any atom is 0.458 e. The highest BCUT2D eigenvalue weighted by Crippen LogP contribution is 2.33. The Morgan fingerprint density at radius 1 is 1.31 bits per heavy atom. The Kier molecular flexibility index (Phi) is 2.22. The lowest BCUT2D eigenvalue weighted by atomic mass is 10.2. The van der Waals surface area contributed by atoms with Crippen molar-refractivity contribution in [3.05, 3.63) is 34.8 Å². The summed E-state index contributed by atoms with van der Waals surface area (Å²) in [6, 6.07) is 6.10. The number of fused-ring (bicyclic) bond motifs is 1. The Labute approximate surface area is 87.9 Å². The quantitative estimate of drug-likeness (QED) is 0.659. The van der Waals surface area contributed by atoms with Crippen molar-refractivity contribution < 1.29 is 22.7 Å². The molecule has 0 amide bonds. The summed E-state index contributed by atoms with van der Waals surface area (Å²) in [6.07, 6.45) is -4.33. The molecule has 1 heterocycles. The van der Waals surface area contributed by atoms with Crippen LogP contribution in [-0.4, -0.2) is 18.2 Å². The van der Waals surface area contributed by atoms with E-state index in [4.69, 9.17) is 0 Å². The van der Waals surface area contributed by atoms with E-state index in [2.05, 4.69) is 9.73 Å². The monoisotopic (exact) mass is 229 g/mol. The van der Waals surface area contributed by atoms with Crippen LogP contribution in [0, 0.1) is 0 Å². The van der Waals surface area contributed by atoms with Crippen molar-refractivity contribution in [1.29, 1.82) is 0 Å². The van der Waals surface area contributed by atoms with Gasteiger partial charge in [0.2, 0.25) is 0 Å². The van der Waals surface area contributed by atoms with Crippen molar-refractivity contribution in [2.75, 3.05) is 0 Å². The standard InChI is InChI=1S/C10H6F3NO2/c11-10(12,13)9(6-15)14-8-4-2-1-3-7(8)5-16-9/h1-6H. The molecule has 84 valence electrons. The maximum absolute atomic E-state index is 12.6. The summed E-state index contributed by atoms with van der Waals surface area (Å²) < 4.78 is 42.3. The zero-order valence-electron chi connectivity index (χ0n) is 7.86. The number of para-hydroxylation sites is 1. The van der Waals surface area contributed by atoms with Gasteiger partial charge in [0.1, 0.15) is 0 Å². The minimum absolute atomic E-state index is 0.0816. The number of aldehydes is 1. The van der Waals surface area contributed by atoms with Gasteiger partial charge < -0.3 is 4.74 Å². The van der Waals surface area contributed by atoms with Gasteiger partial charge in [-0.25, -0.2) is 4.99 Å². The highest BCUT2D eigenvalue weighted by molar-refractivity contribution is 5.65. The van der Waals surface area contributed by atoms with E-state index in [1.807, 2.05) is 0 Å². The second kappa shape index (κ2) is 3.33. The van der Waals surface area contributed by atoms with Crippen molar-refractivity contribution in [1.82, 2.24) is 0 Å². The van der Waals surface area contributed by atoms with Gasteiger partial charge in [0.25, 0.3) is 0 Å². The molecule has 1 aliphatic rings. The fourth-order valence-corrected chi connectivity index (χ4v) is 1.30. The summed E-state index contributed by atoms with van der Waals surface area (Å²) in [7, 11) is 0. The Morgan fingerprint density at radius 3 is 2.62 bits per heavy atom. The molecule has 0 saturated carbocycles. The van der Waals surface area contributed by atoms with Crippen LogP contribution in [0.25, 0.3) is 6.26 Å². The van der Waals surface area contributed by atoms with Crippen LogP contribution in [0.1, 0.15) is 0 Å². The smallest absolute Gasteiger partial charge is 0.458 e. The summed E-state index contributed by atoms with van der Waals surface area (Å²) in [5.41, 5.74) is -3.11. The molecule has 0 bridgehead atoms. The molecule has 1 aromatic carbocycles. The number of hydrogen-bond acceptors (Lipinski definition) is 3. The molecule has 1 atom stereocenters. The van der Waals surface area contributed by atoms with Gasteiger partial charge in [0.05, 0.1) is 11.6 Å². The minimum atomic E-state index is -4.88. The molecule has 1 aromatic rings. The zero-order valence-corrected chi connectivity index (χ0v) is 7.86. The first-order valence-corrected chi connectivity index (χ1v) is 4.34. The van der Waals surface area contributed by atoms with E-state index in [1.54, 1.807) is 12.1 Å². The summed E-state index contributed by atoms with van der Waals surface area (Å²) in [6.45, 7) is 0. The maximum atomic E-state index is 12.6. The van der Waals surface area contributed by atoms with Crippen molar-refractivity contribution in [3.8, 4) is 0 Å². The lowest BCUT2D eigenvalue weighted by Gasteiger charge is -2.27. The Bertz CT molecular complexity index is 538. The number of alkyl halides is 3. The van der Waals surface area contributed by atoms with Crippen LogP contribution in [0.2, 0.25) is 0 Å². The SMILES string of the molecule is O=CC1(C(F)(F)F)N=c2ccccc2=CO1. The lowest BCUT2D eigenvalue weighted by Crippen LogP contribution is -2.51. The highest BCUT2D eigenvalue weighted by atomic mass is 19.4. The van der Waals surface area contributed by atoms with E-state index >= 15 is 0 Å². The van der Waals surface area contributed by atoms with E-state index in [9.17, 15) is 18.0 Å². The van der Waals surface area contributed by atoms with Crippen LogP contribution in [-0.2, 0) is 9.53 Å². The molecule has 2 rings (SSSR count). The molecule has 0 saturated heterocycles. The third-order valence-corrected chi connectivity index (χ3v) is 2.15. The summed E-state index contributed by atoms with van der Waals surface area (Å²) in [5, 5.41) is 0.488. The van der Waals surface area contributed by atoms with E-state index in [-0.39, 0.29) is 11.6 Å². The number of ether oxygens (including phenoxy) is 1. The number of hydrogen-bond donors (Lipinski definition) is 0. The topological polar surface area (TPSA) is 38.7 Å². The molecule has 1 unspecified atom stereocenters. The summed E-state index contributed by atoms with van der Waals surface area (Å²) >= 11 is 0. The molecule has 1 aliphatic heterocycles. The molecular formula is C10H6F3NO2. The third kappa shape index (κ3) is 1.46. The second-order valence-corrected chi connectivity index (χ2v) is 3.22. The molecule has 0 fully saturated rings. The first-order valence-electron chi connectivity index (χ1n) is 4.34. The van der Waals surface area contributed by atoms with Gasteiger partial charge in [0, 0.05) is 5.22 Å². The zero-order chi connectivity index (χ0) is 11.8. The predicted molar refractivity (Wildman–Crippen MR) is 47.6 cm³/mol. The minimum Gasteiger partial charge on any atom is -0.459 e. The van der Waals surface area contributed by atoms with E-state index in [0.717, 1.165) is 6.26 Å². The molecular weight excluding hydrogens is 223 g/mol. The van der Waals surface area contributed by atoms with Crippen LogP contribution in [0.5, 0.6) is 0 Å². The Balaban J connectivity index is 2.67. The Morgan fingerprint density at radius 2 is 2.00 bits per heavy atom. The van der Waals surface area contributed by atoms with Gasteiger partial charge in [0.15, 0.2) is 6.29 Å². The average molecular weight is 229 g/mol. The van der Waals surface area contributed by atoms with E-state index in [0.29, 0.717) is 5.22 Å². The molecule has 16 heavy (non-hydrogen) atoms.